The SMILES string of the molecule is CCNC(=O)NCc1cccc(-c2ccc(C3OC(CN4CCN(c5ncccn5)CC4)C(C)C(c4ccc(CO)cc4)O3)cc2)c1. The van der Waals surface area contributed by atoms with Crippen LogP contribution >= 0.6 is 0 Å². The summed E-state index contributed by atoms with van der Waals surface area (Å²) in [5, 5.41) is 15.3. The Morgan fingerprint density at radius 3 is 2.28 bits per heavy atom. The molecule has 0 saturated carbocycles. The molecule has 2 fully saturated rings. The molecule has 4 unspecified atom stereocenters. The van der Waals surface area contributed by atoms with E-state index < -0.39 is 6.29 Å². The minimum absolute atomic E-state index is 0.00960. The van der Waals surface area contributed by atoms with E-state index in [9.17, 15) is 9.90 Å². The third kappa shape index (κ3) is 8.15. The molecule has 4 aromatic rings. The summed E-state index contributed by atoms with van der Waals surface area (Å²) in [5.41, 5.74) is 6.09. The van der Waals surface area contributed by atoms with Crippen molar-refractivity contribution in [1.29, 1.82) is 0 Å². The predicted octanol–water partition coefficient (Wildman–Crippen LogP) is 5.07. The van der Waals surface area contributed by atoms with Gasteiger partial charge in [0.1, 0.15) is 0 Å². The first-order valence-electron chi connectivity index (χ1n) is 16.5. The average molecular weight is 637 g/mol. The molecule has 0 spiro atoms. The molecule has 0 radical (unpaired) electrons. The summed E-state index contributed by atoms with van der Waals surface area (Å²) in [6, 6.07) is 26.3. The van der Waals surface area contributed by atoms with Crippen molar-refractivity contribution in [2.75, 3.05) is 44.2 Å². The number of aliphatic hydroxyl groups excluding tert-OH is 1. The fourth-order valence-electron chi connectivity index (χ4n) is 6.27. The number of piperazine rings is 1. The molecule has 2 aliphatic heterocycles. The van der Waals surface area contributed by atoms with Gasteiger partial charge in [0.25, 0.3) is 0 Å². The molecule has 0 aliphatic carbocycles. The van der Waals surface area contributed by atoms with Gasteiger partial charge in [-0.1, -0.05) is 73.7 Å². The van der Waals surface area contributed by atoms with Crippen LogP contribution in [0.3, 0.4) is 0 Å². The van der Waals surface area contributed by atoms with Crippen molar-refractivity contribution in [2.45, 2.75) is 45.5 Å². The van der Waals surface area contributed by atoms with Gasteiger partial charge in [0.05, 0.1) is 18.8 Å². The zero-order valence-corrected chi connectivity index (χ0v) is 27.1. The van der Waals surface area contributed by atoms with Crippen LogP contribution in [-0.4, -0.2) is 71.4 Å². The Balaban J connectivity index is 1.17. The Bertz CT molecular complexity index is 1580. The van der Waals surface area contributed by atoms with E-state index in [0.29, 0.717) is 13.1 Å². The predicted molar refractivity (Wildman–Crippen MR) is 181 cm³/mol. The molecule has 3 heterocycles. The third-order valence-corrected chi connectivity index (χ3v) is 9.00. The highest BCUT2D eigenvalue weighted by atomic mass is 16.7. The maximum Gasteiger partial charge on any atom is 0.315 e. The van der Waals surface area contributed by atoms with Gasteiger partial charge < -0.3 is 30.1 Å². The topological polar surface area (TPSA) is 112 Å². The minimum atomic E-state index is -0.528. The Morgan fingerprint density at radius 1 is 0.851 bits per heavy atom. The highest BCUT2D eigenvalue weighted by Gasteiger charge is 2.39. The fourth-order valence-corrected chi connectivity index (χ4v) is 6.27. The molecular formula is C37H44N6O4. The van der Waals surface area contributed by atoms with Crippen LogP contribution in [0, 0.1) is 5.92 Å². The number of anilines is 1. The zero-order valence-electron chi connectivity index (χ0n) is 27.1. The number of ether oxygens (including phenoxy) is 2. The van der Waals surface area contributed by atoms with E-state index in [1.165, 1.54) is 0 Å². The molecule has 0 bridgehead atoms. The van der Waals surface area contributed by atoms with Crippen molar-refractivity contribution < 1.29 is 19.4 Å². The number of hydrogen-bond acceptors (Lipinski definition) is 8. The number of aliphatic hydroxyl groups is 1. The van der Waals surface area contributed by atoms with Crippen molar-refractivity contribution in [3.8, 4) is 11.1 Å². The lowest BCUT2D eigenvalue weighted by molar-refractivity contribution is -0.276. The van der Waals surface area contributed by atoms with Gasteiger partial charge in [-0.25, -0.2) is 14.8 Å². The number of benzene rings is 3. The first-order valence-corrected chi connectivity index (χ1v) is 16.5. The molecule has 10 nitrogen and oxygen atoms in total. The molecule has 2 amide bonds. The second kappa shape index (κ2) is 15.5. The highest BCUT2D eigenvalue weighted by Crippen LogP contribution is 2.42. The van der Waals surface area contributed by atoms with Crippen LogP contribution < -0.4 is 15.5 Å². The number of hydrogen-bond donors (Lipinski definition) is 3. The van der Waals surface area contributed by atoms with Crippen LogP contribution in [0.1, 0.15) is 48.5 Å². The molecular weight excluding hydrogens is 592 g/mol. The van der Waals surface area contributed by atoms with Crippen LogP contribution in [0.15, 0.2) is 91.3 Å². The number of rotatable bonds is 10. The van der Waals surface area contributed by atoms with Crippen LogP contribution in [0.25, 0.3) is 11.1 Å². The molecule has 246 valence electrons. The van der Waals surface area contributed by atoms with Gasteiger partial charge in [-0.05, 0) is 46.9 Å². The molecule has 10 heteroatoms. The van der Waals surface area contributed by atoms with Crippen molar-refractivity contribution in [3.05, 3.63) is 114 Å². The van der Waals surface area contributed by atoms with Gasteiger partial charge in [-0.15, -0.1) is 0 Å². The Hall–Kier alpha value is -4.35. The number of carbonyl (C=O) groups is 1. The zero-order chi connectivity index (χ0) is 32.6. The Morgan fingerprint density at radius 2 is 1.57 bits per heavy atom. The Labute approximate surface area is 276 Å². The molecule has 3 N–H and O–H groups in total. The van der Waals surface area contributed by atoms with Gasteiger partial charge in [0.2, 0.25) is 5.95 Å². The fraction of sp³-hybridized carbons (Fsp3) is 0.378. The third-order valence-electron chi connectivity index (χ3n) is 9.00. The highest BCUT2D eigenvalue weighted by molar-refractivity contribution is 5.74. The number of amides is 2. The van der Waals surface area contributed by atoms with Crippen LogP contribution in [0.2, 0.25) is 0 Å². The lowest BCUT2D eigenvalue weighted by atomic mass is 9.89. The quantitative estimate of drug-likeness (QED) is 0.221. The van der Waals surface area contributed by atoms with Crippen molar-refractivity contribution in [1.82, 2.24) is 25.5 Å². The van der Waals surface area contributed by atoms with E-state index in [1.807, 2.05) is 37.3 Å². The maximum absolute atomic E-state index is 11.9. The monoisotopic (exact) mass is 636 g/mol. The minimum Gasteiger partial charge on any atom is -0.392 e. The molecule has 4 atom stereocenters. The molecule has 2 aliphatic rings. The average Bonchev–Trinajstić information content (AvgIpc) is 3.13. The lowest BCUT2D eigenvalue weighted by Gasteiger charge is -2.44. The van der Waals surface area contributed by atoms with E-state index >= 15 is 0 Å². The molecule has 47 heavy (non-hydrogen) atoms. The number of nitrogens with one attached hydrogen (secondary N) is 2. The van der Waals surface area contributed by atoms with E-state index in [4.69, 9.17) is 9.47 Å². The van der Waals surface area contributed by atoms with E-state index in [0.717, 1.165) is 72.1 Å². The van der Waals surface area contributed by atoms with Crippen molar-refractivity contribution in [3.63, 3.8) is 0 Å². The first-order chi connectivity index (χ1) is 23.0. The summed E-state index contributed by atoms with van der Waals surface area (Å²) in [6.07, 6.45) is 2.83. The summed E-state index contributed by atoms with van der Waals surface area (Å²) >= 11 is 0. The maximum atomic E-state index is 11.9. The van der Waals surface area contributed by atoms with Gasteiger partial charge in [-0.2, -0.15) is 0 Å². The summed E-state index contributed by atoms with van der Waals surface area (Å²) in [6.45, 7) is 9.48. The summed E-state index contributed by atoms with van der Waals surface area (Å²) in [7, 11) is 0. The lowest BCUT2D eigenvalue weighted by Crippen LogP contribution is -2.51. The van der Waals surface area contributed by atoms with Gasteiger partial charge >= 0.3 is 6.03 Å². The normalized spacial score (nSPS) is 21.7. The number of urea groups is 1. The van der Waals surface area contributed by atoms with E-state index in [2.05, 4.69) is 85.9 Å². The standard InChI is InChI=1S/C37H44N6O4/c1-3-38-37(45)41-23-28-6-4-7-32(22-28)29-12-14-31(15-13-29)35-46-33(26(2)34(47-35)30-10-8-27(25-44)9-11-30)24-42-18-20-43(21-19-42)36-39-16-5-17-40-36/h4-17,22,26,33-35,44H,3,18-21,23-25H2,1-2H3,(H2,38,41,45). The largest absolute Gasteiger partial charge is 0.392 e. The summed E-state index contributed by atoms with van der Waals surface area (Å²) in [5.74, 6) is 0.886. The number of nitrogens with zero attached hydrogens (tertiary/aromatic N) is 4. The van der Waals surface area contributed by atoms with Crippen LogP contribution in [0.4, 0.5) is 10.7 Å². The van der Waals surface area contributed by atoms with E-state index in [-0.39, 0.29) is 30.8 Å². The van der Waals surface area contributed by atoms with Gasteiger partial charge in [0, 0.05) is 69.7 Å². The second-order valence-electron chi connectivity index (χ2n) is 12.2. The Kier molecular flexibility index (Phi) is 10.7. The van der Waals surface area contributed by atoms with E-state index in [1.54, 1.807) is 12.4 Å². The first kappa shape index (κ1) is 32.6. The van der Waals surface area contributed by atoms with Crippen molar-refractivity contribution in [2.24, 2.45) is 5.92 Å². The smallest absolute Gasteiger partial charge is 0.315 e. The van der Waals surface area contributed by atoms with Gasteiger partial charge in [-0.3, -0.25) is 4.90 Å². The summed E-state index contributed by atoms with van der Waals surface area (Å²) in [4.78, 5) is 25.4. The number of aromatic nitrogens is 2. The van der Waals surface area contributed by atoms with Gasteiger partial charge in [0.15, 0.2) is 6.29 Å². The molecule has 3 aromatic carbocycles. The molecule has 2 saturated heterocycles. The summed E-state index contributed by atoms with van der Waals surface area (Å²) < 4.78 is 13.4. The molecule has 6 rings (SSSR count). The second-order valence-corrected chi connectivity index (χ2v) is 12.2. The van der Waals surface area contributed by atoms with Crippen LogP contribution in [0.5, 0.6) is 0 Å². The molecule has 1 aromatic heterocycles. The van der Waals surface area contributed by atoms with Crippen molar-refractivity contribution >= 4 is 12.0 Å². The van der Waals surface area contributed by atoms with Crippen LogP contribution in [-0.2, 0) is 22.6 Å². The number of carbonyl (C=O) groups excluding carboxylic acids is 1.